The largest absolute Gasteiger partial charge is 0.462 e. The lowest BCUT2D eigenvalue weighted by Crippen LogP contribution is -2.17. The number of ether oxygens (including phenoxy) is 1. The van der Waals surface area contributed by atoms with E-state index in [4.69, 9.17) is 16.3 Å². The number of benzene rings is 1. The van der Waals surface area contributed by atoms with E-state index >= 15 is 0 Å². The number of nitrogens with one attached hydrogen (secondary N) is 1. The molecule has 0 atom stereocenters. The number of fused-ring (bicyclic) bond motifs is 1. The summed E-state index contributed by atoms with van der Waals surface area (Å²) in [5, 5.41) is 4.43. The number of rotatable bonds is 3. The van der Waals surface area contributed by atoms with Gasteiger partial charge in [-0.3, -0.25) is 4.79 Å². The fourth-order valence-corrected chi connectivity index (χ4v) is 2.43. The molecule has 0 aliphatic carbocycles. The van der Waals surface area contributed by atoms with Crippen molar-refractivity contribution in [2.45, 2.75) is 6.92 Å². The Kier molecular flexibility index (Phi) is 3.68. The van der Waals surface area contributed by atoms with Crippen molar-refractivity contribution < 1.29 is 9.53 Å². The van der Waals surface area contributed by atoms with Gasteiger partial charge in [-0.05, 0) is 13.0 Å². The summed E-state index contributed by atoms with van der Waals surface area (Å²) in [5.74, 6) is -0.529. The van der Waals surface area contributed by atoms with Gasteiger partial charge < -0.3 is 9.72 Å². The number of hydrogen-bond donors (Lipinski definition) is 1. The minimum atomic E-state index is -0.529. The Bertz CT molecular complexity index is 914. The van der Waals surface area contributed by atoms with Gasteiger partial charge in [0.2, 0.25) is 0 Å². The maximum absolute atomic E-state index is 12.5. The van der Waals surface area contributed by atoms with E-state index in [9.17, 15) is 9.59 Å². The van der Waals surface area contributed by atoms with E-state index in [0.717, 1.165) is 4.52 Å². The summed E-state index contributed by atoms with van der Waals surface area (Å²) in [5.41, 5.74) is 1.11. The van der Waals surface area contributed by atoms with Crippen LogP contribution in [0.1, 0.15) is 17.3 Å². The van der Waals surface area contributed by atoms with Crippen LogP contribution in [0.5, 0.6) is 0 Å². The molecule has 0 spiro atoms. The Morgan fingerprint density at radius 2 is 2.14 bits per heavy atom. The van der Waals surface area contributed by atoms with Crippen LogP contribution in [0.3, 0.4) is 0 Å². The molecule has 6 nitrogen and oxygen atoms in total. The number of hydrogen-bond acceptors (Lipinski definition) is 4. The second kappa shape index (κ2) is 5.65. The van der Waals surface area contributed by atoms with E-state index in [2.05, 4.69) is 10.1 Å². The van der Waals surface area contributed by atoms with Crippen LogP contribution < -0.4 is 5.56 Å². The molecule has 3 aromatic rings. The number of halogens is 1. The average Bonchev–Trinajstić information content (AvgIpc) is 2.94. The van der Waals surface area contributed by atoms with Gasteiger partial charge in [0.25, 0.3) is 5.56 Å². The van der Waals surface area contributed by atoms with E-state index in [1.54, 1.807) is 31.2 Å². The Labute approximate surface area is 130 Å². The first-order valence-electron chi connectivity index (χ1n) is 6.65. The first kappa shape index (κ1) is 14.3. The van der Waals surface area contributed by atoms with Gasteiger partial charge in [-0.2, -0.15) is 9.61 Å². The van der Waals surface area contributed by atoms with Crippen LogP contribution in [-0.4, -0.2) is 27.2 Å². The Hall–Kier alpha value is -2.60. The molecular weight excluding hydrogens is 306 g/mol. The highest BCUT2D eigenvalue weighted by atomic mass is 35.5. The molecule has 3 rings (SSSR count). The summed E-state index contributed by atoms with van der Waals surface area (Å²) < 4.78 is 6.06. The van der Waals surface area contributed by atoms with E-state index < -0.39 is 5.97 Å². The minimum absolute atomic E-state index is 0.213. The number of nitrogens with zero attached hydrogens (tertiary/aromatic N) is 2. The number of aromatic amines is 1. The normalized spacial score (nSPS) is 10.8. The Morgan fingerprint density at radius 3 is 2.86 bits per heavy atom. The fraction of sp³-hybridized carbons (Fsp3) is 0.133. The van der Waals surface area contributed by atoms with Crippen molar-refractivity contribution >= 4 is 23.2 Å². The molecule has 0 amide bonds. The van der Waals surface area contributed by atoms with Crippen LogP contribution in [0.2, 0.25) is 5.02 Å². The minimum Gasteiger partial charge on any atom is -0.462 e. The van der Waals surface area contributed by atoms with Gasteiger partial charge >= 0.3 is 5.97 Å². The van der Waals surface area contributed by atoms with Crippen molar-refractivity contribution in [2.75, 3.05) is 6.61 Å². The molecule has 2 heterocycles. The van der Waals surface area contributed by atoms with E-state index in [1.807, 2.05) is 0 Å². The molecule has 0 aliphatic heterocycles. The van der Waals surface area contributed by atoms with Crippen molar-refractivity contribution in [2.24, 2.45) is 0 Å². The molecule has 0 radical (unpaired) electrons. The second-order valence-electron chi connectivity index (χ2n) is 4.53. The van der Waals surface area contributed by atoms with Gasteiger partial charge in [-0.25, -0.2) is 4.79 Å². The smallest absolute Gasteiger partial charge is 0.343 e. The van der Waals surface area contributed by atoms with E-state index in [0.29, 0.717) is 21.8 Å². The predicted molar refractivity (Wildman–Crippen MR) is 82.2 cm³/mol. The summed E-state index contributed by atoms with van der Waals surface area (Å²) in [6.07, 6.45) is 2.82. The van der Waals surface area contributed by atoms with Crippen molar-refractivity contribution in [3.8, 4) is 11.1 Å². The maximum atomic E-state index is 12.5. The highest BCUT2D eigenvalue weighted by Gasteiger charge is 2.18. The summed E-state index contributed by atoms with van der Waals surface area (Å²) in [7, 11) is 0. The van der Waals surface area contributed by atoms with E-state index in [1.165, 1.54) is 12.4 Å². The maximum Gasteiger partial charge on any atom is 0.343 e. The molecule has 1 aromatic carbocycles. The van der Waals surface area contributed by atoms with Crippen LogP contribution in [0.25, 0.3) is 16.8 Å². The second-order valence-corrected chi connectivity index (χ2v) is 4.93. The summed E-state index contributed by atoms with van der Waals surface area (Å²) in [6.45, 7) is 1.96. The van der Waals surface area contributed by atoms with Crippen LogP contribution in [0, 0.1) is 0 Å². The molecule has 22 heavy (non-hydrogen) atoms. The zero-order valence-electron chi connectivity index (χ0n) is 11.7. The molecule has 0 unspecified atom stereocenters. The SMILES string of the molecule is CCOC(=O)c1cnn2c(=O)c(-c3ccccc3Cl)c[nH]c12. The van der Waals surface area contributed by atoms with Crippen LogP contribution in [-0.2, 0) is 4.74 Å². The Morgan fingerprint density at radius 1 is 1.36 bits per heavy atom. The standard InChI is InChI=1S/C15H12ClN3O3/c1-2-22-15(21)11-8-18-19-13(11)17-7-10(14(19)20)9-5-3-4-6-12(9)16/h3-8,17H,2H2,1H3. The van der Waals surface area contributed by atoms with Crippen molar-refractivity contribution in [3.63, 3.8) is 0 Å². The first-order chi connectivity index (χ1) is 10.6. The lowest BCUT2D eigenvalue weighted by molar-refractivity contribution is 0.0528. The van der Waals surface area contributed by atoms with Crippen LogP contribution in [0.15, 0.2) is 41.5 Å². The summed E-state index contributed by atoms with van der Waals surface area (Å²) >= 11 is 6.12. The highest BCUT2D eigenvalue weighted by Crippen LogP contribution is 2.24. The zero-order chi connectivity index (χ0) is 15.7. The first-order valence-corrected chi connectivity index (χ1v) is 7.02. The average molecular weight is 318 g/mol. The molecule has 0 fully saturated rings. The molecule has 2 aromatic heterocycles. The lowest BCUT2D eigenvalue weighted by atomic mass is 10.1. The number of esters is 1. The molecule has 0 saturated heterocycles. The van der Waals surface area contributed by atoms with Gasteiger partial charge in [0, 0.05) is 16.8 Å². The zero-order valence-corrected chi connectivity index (χ0v) is 12.4. The third-order valence-electron chi connectivity index (χ3n) is 3.20. The molecule has 0 aliphatic rings. The molecule has 0 bridgehead atoms. The third-order valence-corrected chi connectivity index (χ3v) is 3.53. The van der Waals surface area contributed by atoms with Gasteiger partial charge in [0.15, 0.2) is 5.65 Å². The van der Waals surface area contributed by atoms with Gasteiger partial charge in [0.05, 0.1) is 18.4 Å². The molecule has 0 saturated carbocycles. The number of aromatic nitrogens is 3. The lowest BCUT2D eigenvalue weighted by Gasteiger charge is -2.04. The predicted octanol–water partition coefficient (Wildman–Crippen LogP) is 2.52. The number of carbonyl (C=O) groups is 1. The number of carbonyl (C=O) groups excluding carboxylic acids is 1. The molecule has 1 N–H and O–H groups in total. The number of H-pyrrole nitrogens is 1. The fourth-order valence-electron chi connectivity index (χ4n) is 2.19. The van der Waals surface area contributed by atoms with Crippen LogP contribution in [0.4, 0.5) is 0 Å². The van der Waals surface area contributed by atoms with Gasteiger partial charge in [-0.1, -0.05) is 29.8 Å². The van der Waals surface area contributed by atoms with Gasteiger partial charge in [0.1, 0.15) is 5.56 Å². The molecule has 7 heteroatoms. The summed E-state index contributed by atoms with van der Waals surface area (Å²) in [4.78, 5) is 27.3. The topological polar surface area (TPSA) is 76.5 Å². The quantitative estimate of drug-likeness (QED) is 0.753. The van der Waals surface area contributed by atoms with Crippen molar-refractivity contribution in [1.29, 1.82) is 0 Å². The van der Waals surface area contributed by atoms with Gasteiger partial charge in [-0.15, -0.1) is 0 Å². The van der Waals surface area contributed by atoms with Crippen molar-refractivity contribution in [1.82, 2.24) is 14.6 Å². The van der Waals surface area contributed by atoms with Crippen LogP contribution >= 0.6 is 11.6 Å². The highest BCUT2D eigenvalue weighted by molar-refractivity contribution is 6.33. The molecule has 112 valence electrons. The summed E-state index contributed by atoms with van der Waals surface area (Å²) in [6, 6.07) is 7.02. The van der Waals surface area contributed by atoms with Crippen molar-refractivity contribution in [3.05, 3.63) is 57.6 Å². The Balaban J connectivity index is 2.18. The van der Waals surface area contributed by atoms with E-state index in [-0.39, 0.29) is 17.7 Å². The molecular formula is C15H12ClN3O3. The monoisotopic (exact) mass is 317 g/mol. The third kappa shape index (κ3) is 2.27.